The van der Waals surface area contributed by atoms with E-state index in [0.29, 0.717) is 22.4 Å². The van der Waals surface area contributed by atoms with E-state index in [1.807, 2.05) is 55.8 Å². The number of nitrogens with one attached hydrogen (secondary N) is 1. The summed E-state index contributed by atoms with van der Waals surface area (Å²) < 4.78 is 3.50. The van der Waals surface area contributed by atoms with Crippen LogP contribution in [0, 0.1) is 6.92 Å². The summed E-state index contributed by atoms with van der Waals surface area (Å²) in [7, 11) is 3.66. The minimum absolute atomic E-state index is 0.144. The average Bonchev–Trinajstić information content (AvgIpc) is 3.21. The van der Waals surface area contributed by atoms with Crippen LogP contribution in [0.3, 0.4) is 0 Å². The van der Waals surface area contributed by atoms with Gasteiger partial charge in [-0.3, -0.25) is 9.36 Å². The number of imidazole rings is 1. The van der Waals surface area contributed by atoms with Gasteiger partial charge in [-0.25, -0.2) is 14.8 Å². The average molecular weight is 468 g/mol. The second kappa shape index (κ2) is 8.39. The number of para-hydroxylation sites is 1. The number of aromatic carboxylic acids is 1. The second-order valence-electron chi connectivity index (χ2n) is 8.83. The predicted octanol–water partition coefficient (Wildman–Crippen LogP) is 4.67. The molecule has 1 atom stereocenters. The van der Waals surface area contributed by atoms with E-state index >= 15 is 0 Å². The van der Waals surface area contributed by atoms with Crippen molar-refractivity contribution in [1.82, 2.24) is 19.1 Å². The Labute approximate surface area is 201 Å². The van der Waals surface area contributed by atoms with Crippen molar-refractivity contribution in [2.24, 2.45) is 14.1 Å². The fraction of sp³-hybridized carbons (Fsp3) is 0.185. The van der Waals surface area contributed by atoms with Crippen molar-refractivity contribution in [3.63, 3.8) is 0 Å². The number of nitrogens with zero attached hydrogens (tertiary/aromatic N) is 4. The largest absolute Gasteiger partial charge is 0.478 e. The van der Waals surface area contributed by atoms with E-state index in [0.717, 1.165) is 27.7 Å². The Morgan fingerprint density at radius 1 is 1.09 bits per heavy atom. The van der Waals surface area contributed by atoms with Gasteiger partial charge in [-0.2, -0.15) is 0 Å². The smallest absolute Gasteiger partial charge is 0.337 e. The summed E-state index contributed by atoms with van der Waals surface area (Å²) in [6.07, 6.45) is 1.75. The van der Waals surface area contributed by atoms with E-state index in [1.54, 1.807) is 42.2 Å². The molecule has 0 unspecified atom stereocenters. The highest BCUT2D eigenvalue weighted by molar-refractivity contribution is 5.94. The van der Waals surface area contributed by atoms with Crippen LogP contribution in [0.4, 0.5) is 5.69 Å². The molecule has 0 spiro atoms. The quantitative estimate of drug-likeness (QED) is 0.390. The minimum atomic E-state index is -1.01. The first kappa shape index (κ1) is 22.3. The molecule has 0 saturated carbocycles. The molecule has 0 amide bonds. The molecule has 0 bridgehead atoms. The molecule has 0 aliphatic heterocycles. The van der Waals surface area contributed by atoms with Crippen molar-refractivity contribution in [1.29, 1.82) is 0 Å². The third kappa shape index (κ3) is 3.82. The van der Waals surface area contributed by atoms with Gasteiger partial charge in [0.1, 0.15) is 5.82 Å². The fourth-order valence-electron chi connectivity index (χ4n) is 4.52. The molecule has 0 aliphatic rings. The van der Waals surface area contributed by atoms with Gasteiger partial charge in [0.05, 0.1) is 39.9 Å². The molecule has 0 radical (unpaired) electrons. The molecule has 176 valence electrons. The summed E-state index contributed by atoms with van der Waals surface area (Å²) in [6.45, 7) is 3.87. The van der Waals surface area contributed by atoms with Crippen LogP contribution in [0.1, 0.15) is 34.5 Å². The molecule has 2 N–H and O–H groups in total. The van der Waals surface area contributed by atoms with Gasteiger partial charge < -0.3 is 15.0 Å². The monoisotopic (exact) mass is 467 g/mol. The van der Waals surface area contributed by atoms with Crippen molar-refractivity contribution in [3.05, 3.63) is 88.0 Å². The maximum Gasteiger partial charge on any atom is 0.337 e. The standard InChI is InChI=1S/C27H25N5O3/c1-15-11-19(16(2)29-21-8-6-5-7-18(21)27(34)35)24-20(12-15)26(33)32(4)25(30-24)17-9-10-23-22(13-17)28-14-31(23)3/h5-14,16,29H,1-4H3,(H,34,35)/t16-/m1/s1. The highest BCUT2D eigenvalue weighted by Gasteiger charge is 2.19. The Morgan fingerprint density at radius 2 is 1.86 bits per heavy atom. The van der Waals surface area contributed by atoms with Crippen molar-refractivity contribution >= 4 is 33.6 Å². The van der Waals surface area contributed by atoms with Gasteiger partial charge in [0, 0.05) is 30.9 Å². The third-order valence-electron chi connectivity index (χ3n) is 6.33. The van der Waals surface area contributed by atoms with Crippen molar-refractivity contribution in [2.45, 2.75) is 19.9 Å². The summed E-state index contributed by atoms with van der Waals surface area (Å²) in [5.74, 6) is -0.466. The molecule has 35 heavy (non-hydrogen) atoms. The van der Waals surface area contributed by atoms with Gasteiger partial charge in [0.25, 0.3) is 5.56 Å². The maximum absolute atomic E-state index is 13.4. The predicted molar refractivity (Wildman–Crippen MR) is 137 cm³/mol. The highest BCUT2D eigenvalue weighted by Crippen LogP contribution is 2.30. The first-order chi connectivity index (χ1) is 16.7. The zero-order chi connectivity index (χ0) is 24.9. The first-order valence-electron chi connectivity index (χ1n) is 11.3. The summed E-state index contributed by atoms with van der Waals surface area (Å²) in [5, 5.41) is 13.4. The van der Waals surface area contributed by atoms with Crippen LogP contribution in [0.25, 0.3) is 33.3 Å². The van der Waals surface area contributed by atoms with E-state index in [2.05, 4.69) is 10.3 Å². The zero-order valence-electron chi connectivity index (χ0n) is 19.9. The van der Waals surface area contributed by atoms with Gasteiger partial charge in [0.2, 0.25) is 0 Å². The molecule has 8 heteroatoms. The third-order valence-corrected chi connectivity index (χ3v) is 6.33. The van der Waals surface area contributed by atoms with Gasteiger partial charge in [-0.15, -0.1) is 0 Å². The number of carbonyl (C=O) groups is 1. The lowest BCUT2D eigenvalue weighted by Crippen LogP contribution is -2.22. The van der Waals surface area contributed by atoms with E-state index < -0.39 is 5.97 Å². The number of carboxylic acid groups (broad SMARTS) is 1. The Hall–Kier alpha value is -4.46. The van der Waals surface area contributed by atoms with Crippen LogP contribution < -0.4 is 10.9 Å². The van der Waals surface area contributed by atoms with Crippen LogP contribution in [0.15, 0.2) is 65.7 Å². The van der Waals surface area contributed by atoms with Crippen LogP contribution in [-0.2, 0) is 14.1 Å². The number of aromatic nitrogens is 4. The molecule has 2 aromatic heterocycles. The highest BCUT2D eigenvalue weighted by atomic mass is 16.4. The number of aryl methyl sites for hydroxylation is 2. The van der Waals surface area contributed by atoms with Crippen LogP contribution in [0.5, 0.6) is 0 Å². The Kier molecular flexibility index (Phi) is 5.36. The van der Waals surface area contributed by atoms with Gasteiger partial charge in [0.15, 0.2) is 0 Å². The molecular weight excluding hydrogens is 442 g/mol. The lowest BCUT2D eigenvalue weighted by molar-refractivity contribution is 0.0698. The molecule has 5 rings (SSSR count). The van der Waals surface area contributed by atoms with Gasteiger partial charge in [-0.05, 0) is 55.8 Å². The number of hydrogen-bond donors (Lipinski definition) is 2. The molecule has 8 nitrogen and oxygen atoms in total. The molecule has 0 aliphatic carbocycles. The number of rotatable bonds is 5. The van der Waals surface area contributed by atoms with Crippen LogP contribution in [-0.4, -0.2) is 30.2 Å². The lowest BCUT2D eigenvalue weighted by Gasteiger charge is -2.20. The Balaban J connectivity index is 1.68. The number of benzene rings is 3. The number of carboxylic acids is 1. The van der Waals surface area contributed by atoms with Crippen molar-refractivity contribution < 1.29 is 9.90 Å². The molecule has 3 aromatic carbocycles. The normalized spacial score (nSPS) is 12.2. The van der Waals surface area contributed by atoms with E-state index in [9.17, 15) is 14.7 Å². The summed E-state index contributed by atoms with van der Waals surface area (Å²) in [6, 6.07) is 16.1. The minimum Gasteiger partial charge on any atom is -0.478 e. The van der Waals surface area contributed by atoms with Crippen LogP contribution >= 0.6 is 0 Å². The summed E-state index contributed by atoms with van der Waals surface area (Å²) >= 11 is 0. The van der Waals surface area contributed by atoms with Crippen molar-refractivity contribution in [3.8, 4) is 11.4 Å². The molecule has 2 heterocycles. The summed E-state index contributed by atoms with van der Waals surface area (Å²) in [4.78, 5) is 34.5. The fourth-order valence-corrected chi connectivity index (χ4v) is 4.52. The Bertz CT molecular complexity index is 1680. The topological polar surface area (TPSA) is 102 Å². The number of anilines is 1. The molecule has 0 fully saturated rings. The number of hydrogen-bond acceptors (Lipinski definition) is 5. The molecule has 5 aromatic rings. The molecular formula is C27H25N5O3. The Morgan fingerprint density at radius 3 is 2.63 bits per heavy atom. The summed E-state index contributed by atoms with van der Waals surface area (Å²) in [5.41, 5.74) is 5.48. The van der Waals surface area contributed by atoms with E-state index in [-0.39, 0.29) is 17.2 Å². The second-order valence-corrected chi connectivity index (χ2v) is 8.83. The van der Waals surface area contributed by atoms with E-state index in [1.165, 1.54) is 0 Å². The zero-order valence-corrected chi connectivity index (χ0v) is 19.9. The number of fused-ring (bicyclic) bond motifs is 2. The lowest BCUT2D eigenvalue weighted by atomic mass is 10.00. The molecule has 0 saturated heterocycles. The maximum atomic E-state index is 13.4. The van der Waals surface area contributed by atoms with Gasteiger partial charge in [-0.1, -0.05) is 18.2 Å². The first-order valence-corrected chi connectivity index (χ1v) is 11.3. The van der Waals surface area contributed by atoms with Crippen molar-refractivity contribution in [2.75, 3.05) is 5.32 Å². The van der Waals surface area contributed by atoms with Gasteiger partial charge >= 0.3 is 5.97 Å². The SMILES string of the molecule is Cc1cc([C@@H](C)Nc2ccccc2C(=O)O)c2nc(-c3ccc4c(c3)ncn4C)n(C)c(=O)c2c1. The van der Waals surface area contributed by atoms with E-state index in [4.69, 9.17) is 4.98 Å². The van der Waals surface area contributed by atoms with Crippen LogP contribution in [0.2, 0.25) is 0 Å².